The van der Waals surface area contributed by atoms with E-state index in [-0.39, 0.29) is 17.0 Å². The Balaban J connectivity index is 1.61. The van der Waals surface area contributed by atoms with Gasteiger partial charge in [-0.3, -0.25) is 4.79 Å². The summed E-state index contributed by atoms with van der Waals surface area (Å²) in [4.78, 5) is 30.4. The second-order valence-corrected chi connectivity index (χ2v) is 9.88. The molecule has 0 unspecified atom stereocenters. The number of H-pyrrole nitrogens is 1. The topological polar surface area (TPSA) is 105 Å². The molecule has 4 aromatic rings. The minimum atomic E-state index is -0.146. The second-order valence-electron chi connectivity index (χ2n) is 9.88. The zero-order valence-corrected chi connectivity index (χ0v) is 19.7. The van der Waals surface area contributed by atoms with E-state index >= 15 is 0 Å². The molecule has 3 aromatic heterocycles. The minimum absolute atomic E-state index is 0.0777. The highest BCUT2D eigenvalue weighted by Gasteiger charge is 2.23. The third-order valence-electron chi connectivity index (χ3n) is 5.95. The number of aromatic nitrogens is 6. The van der Waals surface area contributed by atoms with E-state index in [0.29, 0.717) is 22.8 Å². The molecule has 33 heavy (non-hydrogen) atoms. The van der Waals surface area contributed by atoms with Crippen LogP contribution < -0.4 is 16.2 Å². The number of aromatic amines is 1. The van der Waals surface area contributed by atoms with Gasteiger partial charge in [0.1, 0.15) is 11.2 Å². The van der Waals surface area contributed by atoms with Crippen LogP contribution in [0.5, 0.6) is 0 Å². The number of imidazole rings is 1. The normalized spacial score (nSPS) is 14.1. The molecule has 1 aromatic carbocycles. The fourth-order valence-corrected chi connectivity index (χ4v) is 4.24. The number of anilines is 2. The lowest BCUT2D eigenvalue weighted by Gasteiger charge is -2.18. The van der Waals surface area contributed by atoms with Gasteiger partial charge in [-0.05, 0) is 50.1 Å². The lowest BCUT2D eigenvalue weighted by molar-refractivity contribution is 0.471. The van der Waals surface area contributed by atoms with Gasteiger partial charge in [-0.25, -0.2) is 19.3 Å². The van der Waals surface area contributed by atoms with E-state index in [4.69, 9.17) is 9.97 Å². The first-order valence-electron chi connectivity index (χ1n) is 11.4. The average molecular weight is 447 g/mol. The smallest absolute Gasteiger partial charge is 0.278 e. The maximum Gasteiger partial charge on any atom is 0.278 e. The molecule has 0 amide bonds. The molecule has 0 bridgehead atoms. The molecule has 1 aliphatic rings. The molecular weight excluding hydrogens is 416 g/mol. The first-order chi connectivity index (χ1) is 15.7. The van der Waals surface area contributed by atoms with E-state index in [1.807, 2.05) is 26.1 Å². The zero-order valence-electron chi connectivity index (χ0n) is 19.7. The molecule has 0 saturated heterocycles. The third kappa shape index (κ3) is 3.82. The standard InChI is InChI=1S/C24H30N8O/c1-14(2)31-21(33)18-12-27-23(28-17-7-6-15-8-9-25-11-16(15)10-17)30-20(18)32(31)19-13-26-22(29-19)24(3,4)5/h6-7,10,12-14,25H,8-9,11H2,1-5H3,(H,26,29)(H,27,28,30). The van der Waals surface area contributed by atoms with Crippen LogP contribution in [-0.2, 0) is 18.4 Å². The number of hydrogen-bond acceptors (Lipinski definition) is 6. The Bertz CT molecular complexity index is 1390. The first kappa shape index (κ1) is 21.4. The van der Waals surface area contributed by atoms with Crippen LogP contribution in [0.4, 0.5) is 11.6 Å². The predicted molar refractivity (Wildman–Crippen MR) is 129 cm³/mol. The van der Waals surface area contributed by atoms with Gasteiger partial charge in [-0.1, -0.05) is 26.8 Å². The molecule has 0 saturated carbocycles. The number of benzene rings is 1. The van der Waals surface area contributed by atoms with Crippen molar-refractivity contribution in [3.05, 3.63) is 57.9 Å². The van der Waals surface area contributed by atoms with Crippen molar-refractivity contribution in [2.24, 2.45) is 0 Å². The Morgan fingerprint density at radius 3 is 2.70 bits per heavy atom. The summed E-state index contributed by atoms with van der Waals surface area (Å²) in [7, 11) is 0. The molecule has 5 rings (SSSR count). The molecule has 3 N–H and O–H groups in total. The van der Waals surface area contributed by atoms with Crippen molar-refractivity contribution in [3.63, 3.8) is 0 Å². The van der Waals surface area contributed by atoms with Crippen LogP contribution in [-0.4, -0.2) is 35.8 Å². The van der Waals surface area contributed by atoms with Gasteiger partial charge in [-0.2, -0.15) is 4.98 Å². The van der Waals surface area contributed by atoms with Gasteiger partial charge in [0.25, 0.3) is 5.56 Å². The van der Waals surface area contributed by atoms with E-state index in [0.717, 1.165) is 31.0 Å². The molecule has 0 fully saturated rings. The second kappa shape index (κ2) is 7.84. The minimum Gasteiger partial charge on any atom is -0.346 e. The van der Waals surface area contributed by atoms with Crippen molar-refractivity contribution in [1.82, 2.24) is 34.6 Å². The Morgan fingerprint density at radius 2 is 1.97 bits per heavy atom. The summed E-state index contributed by atoms with van der Waals surface area (Å²) in [6, 6.07) is 6.25. The number of nitrogens with zero attached hydrogens (tertiary/aromatic N) is 5. The summed E-state index contributed by atoms with van der Waals surface area (Å²) in [6.07, 6.45) is 4.46. The monoisotopic (exact) mass is 446 g/mol. The molecule has 9 heteroatoms. The SMILES string of the molecule is CC(C)n1c(=O)c2cnc(Nc3ccc4c(c3)CNCC4)nc2n1-c1c[nH]c(C(C)(C)C)n1. The average Bonchev–Trinajstić information content (AvgIpc) is 3.37. The summed E-state index contributed by atoms with van der Waals surface area (Å²) in [6.45, 7) is 12.1. The van der Waals surface area contributed by atoms with Gasteiger partial charge in [0.05, 0.1) is 0 Å². The van der Waals surface area contributed by atoms with Crippen LogP contribution in [0, 0.1) is 0 Å². The highest BCUT2D eigenvalue weighted by Crippen LogP contribution is 2.24. The van der Waals surface area contributed by atoms with E-state index in [1.54, 1.807) is 15.6 Å². The van der Waals surface area contributed by atoms with Gasteiger partial charge in [0.2, 0.25) is 5.95 Å². The van der Waals surface area contributed by atoms with Gasteiger partial charge in [0.15, 0.2) is 11.5 Å². The van der Waals surface area contributed by atoms with E-state index in [2.05, 4.69) is 53.5 Å². The maximum absolute atomic E-state index is 13.2. The maximum atomic E-state index is 13.2. The summed E-state index contributed by atoms with van der Waals surface area (Å²) in [5.41, 5.74) is 3.81. The van der Waals surface area contributed by atoms with Crippen molar-refractivity contribution in [2.45, 2.75) is 59.0 Å². The lowest BCUT2D eigenvalue weighted by atomic mass is 9.96. The number of rotatable bonds is 4. The molecule has 0 aliphatic carbocycles. The van der Waals surface area contributed by atoms with Gasteiger partial charge in [-0.15, -0.1) is 0 Å². The Kier molecular flexibility index (Phi) is 5.08. The van der Waals surface area contributed by atoms with Crippen LogP contribution in [0.25, 0.3) is 16.9 Å². The van der Waals surface area contributed by atoms with Crippen LogP contribution in [0.3, 0.4) is 0 Å². The van der Waals surface area contributed by atoms with E-state index < -0.39 is 0 Å². The van der Waals surface area contributed by atoms with Gasteiger partial charge >= 0.3 is 0 Å². The fourth-order valence-electron chi connectivity index (χ4n) is 4.24. The Labute approximate surface area is 192 Å². The molecule has 0 radical (unpaired) electrons. The quantitative estimate of drug-likeness (QED) is 0.443. The van der Waals surface area contributed by atoms with Crippen LogP contribution in [0.2, 0.25) is 0 Å². The van der Waals surface area contributed by atoms with Crippen molar-refractivity contribution < 1.29 is 0 Å². The highest BCUT2D eigenvalue weighted by atomic mass is 16.1. The molecule has 9 nitrogen and oxygen atoms in total. The lowest BCUT2D eigenvalue weighted by Crippen LogP contribution is -2.24. The molecule has 172 valence electrons. The first-order valence-corrected chi connectivity index (χ1v) is 11.4. The van der Waals surface area contributed by atoms with E-state index in [9.17, 15) is 4.79 Å². The summed E-state index contributed by atoms with van der Waals surface area (Å²) in [5.74, 6) is 1.91. The number of nitrogens with one attached hydrogen (secondary N) is 3. The predicted octanol–water partition coefficient (Wildman–Crippen LogP) is 3.57. The molecule has 4 heterocycles. The molecule has 1 aliphatic heterocycles. The van der Waals surface area contributed by atoms with Crippen molar-refractivity contribution in [2.75, 3.05) is 11.9 Å². The highest BCUT2D eigenvalue weighted by molar-refractivity contribution is 5.77. The Morgan fingerprint density at radius 1 is 1.15 bits per heavy atom. The summed E-state index contributed by atoms with van der Waals surface area (Å²) >= 11 is 0. The zero-order chi connectivity index (χ0) is 23.3. The molecule has 0 spiro atoms. The molecular formula is C24H30N8O. The van der Waals surface area contributed by atoms with Gasteiger partial charge in [0, 0.05) is 36.1 Å². The van der Waals surface area contributed by atoms with Crippen molar-refractivity contribution >= 4 is 22.7 Å². The van der Waals surface area contributed by atoms with Crippen LogP contribution >= 0.6 is 0 Å². The summed E-state index contributed by atoms with van der Waals surface area (Å²) in [5, 5.41) is 7.18. The summed E-state index contributed by atoms with van der Waals surface area (Å²) < 4.78 is 3.47. The largest absolute Gasteiger partial charge is 0.346 e. The van der Waals surface area contributed by atoms with Crippen LogP contribution in [0.1, 0.15) is 57.6 Å². The third-order valence-corrected chi connectivity index (χ3v) is 5.95. The van der Waals surface area contributed by atoms with Crippen molar-refractivity contribution in [1.29, 1.82) is 0 Å². The molecule has 0 atom stereocenters. The van der Waals surface area contributed by atoms with Crippen LogP contribution in [0.15, 0.2) is 35.4 Å². The van der Waals surface area contributed by atoms with E-state index in [1.165, 1.54) is 11.1 Å². The Hall–Kier alpha value is -3.46. The van der Waals surface area contributed by atoms with Gasteiger partial charge < -0.3 is 15.6 Å². The van der Waals surface area contributed by atoms with Crippen molar-refractivity contribution in [3.8, 4) is 5.82 Å². The number of hydrogen-bond donors (Lipinski definition) is 3. The fraction of sp³-hybridized carbons (Fsp3) is 0.417. The number of fused-ring (bicyclic) bond motifs is 2.